The minimum atomic E-state index is -3.70. The van der Waals surface area contributed by atoms with Crippen molar-refractivity contribution >= 4 is 35.1 Å². The van der Waals surface area contributed by atoms with E-state index in [0.29, 0.717) is 11.1 Å². The van der Waals surface area contributed by atoms with Gasteiger partial charge in [-0.1, -0.05) is 35.9 Å². The van der Waals surface area contributed by atoms with Crippen LogP contribution in [0.3, 0.4) is 0 Å². The van der Waals surface area contributed by atoms with Gasteiger partial charge in [-0.2, -0.15) is 8.78 Å². The van der Waals surface area contributed by atoms with Gasteiger partial charge in [-0.15, -0.1) is 0 Å². The number of aryl methyl sites for hydroxylation is 1. The zero-order chi connectivity index (χ0) is 25.7. The second kappa shape index (κ2) is 8.43. The van der Waals surface area contributed by atoms with Crippen LogP contribution in [0.2, 0.25) is 6.43 Å². The number of hydrogen-bond donors (Lipinski definition) is 1. The van der Waals surface area contributed by atoms with Crippen molar-refractivity contribution in [3.8, 4) is 0 Å². The highest BCUT2D eigenvalue weighted by Crippen LogP contribution is 2.32. The van der Waals surface area contributed by atoms with Gasteiger partial charge in [-0.25, -0.2) is 0 Å². The van der Waals surface area contributed by atoms with Crippen molar-refractivity contribution < 1.29 is 32.1 Å². The maximum atomic E-state index is 14.5. The molecule has 1 unspecified atom stereocenters. The summed E-state index contributed by atoms with van der Waals surface area (Å²) in [5.41, 5.74) is 0.579. The summed E-state index contributed by atoms with van der Waals surface area (Å²) in [6.07, 6.45) is -2.65. The Morgan fingerprint density at radius 2 is 1.97 bits per heavy atom. The Hall–Kier alpha value is -3.13. The molecule has 9 heteroatoms. The Morgan fingerprint density at radius 3 is 2.69 bits per heavy atom. The summed E-state index contributed by atoms with van der Waals surface area (Å²) >= 11 is 5.71. The van der Waals surface area contributed by atoms with Gasteiger partial charge in [-0.3, -0.25) is 24.5 Å². The van der Waals surface area contributed by atoms with Crippen molar-refractivity contribution in [3.63, 3.8) is 0 Å². The van der Waals surface area contributed by atoms with Gasteiger partial charge in [-0.05, 0) is 42.1 Å². The zero-order valence-electron chi connectivity index (χ0n) is 19.6. The molecular formula is C23H19ClF2N2O4. The van der Waals surface area contributed by atoms with Gasteiger partial charge in [0.25, 0.3) is 5.91 Å². The van der Waals surface area contributed by atoms with Crippen molar-refractivity contribution in [3.05, 3.63) is 69.7 Å². The van der Waals surface area contributed by atoms with Gasteiger partial charge in [0.2, 0.25) is 17.6 Å². The lowest BCUT2D eigenvalue weighted by atomic mass is 9.97. The molecule has 2 aromatic rings. The van der Waals surface area contributed by atoms with Crippen molar-refractivity contribution in [1.29, 1.82) is 0 Å². The van der Waals surface area contributed by atoms with E-state index >= 15 is 0 Å². The summed E-state index contributed by atoms with van der Waals surface area (Å²) < 4.78 is 53.2. The van der Waals surface area contributed by atoms with Crippen LogP contribution in [0.5, 0.6) is 0 Å². The molecule has 6 nitrogen and oxygen atoms in total. The molecule has 0 aliphatic carbocycles. The van der Waals surface area contributed by atoms with Crippen LogP contribution in [0.4, 0.5) is 8.78 Å². The highest BCUT2D eigenvalue weighted by Gasteiger charge is 2.41. The van der Waals surface area contributed by atoms with Crippen LogP contribution in [-0.4, -0.2) is 34.4 Å². The van der Waals surface area contributed by atoms with E-state index in [1.807, 2.05) is 0 Å². The first kappa shape index (κ1) is 18.4. The number of rotatable bonds is 6. The molecule has 4 rings (SSSR count). The number of nitrogens with one attached hydrogen (secondary N) is 1. The van der Waals surface area contributed by atoms with Crippen LogP contribution >= 0.6 is 11.6 Å². The molecule has 2 atom stereocenters. The summed E-state index contributed by atoms with van der Waals surface area (Å²) in [7, 11) is 0. The summed E-state index contributed by atoms with van der Waals surface area (Å²) in [6, 6.07) is 6.69. The standard InChI is InChI=1S/C23H19ClF2N2O4/c24-16-5-3-15(4-6-16)23(25,26)19(29)9-2-13-1-7-17-14(11-13)12-28(22(17)32)18-8-10-20(30)27-21(18)31/h1,3-7,11,18H,2,8-10,12H2,(H,27,30,31)/t18-/m0/s1/i8D,18D/hD/t8?,18-. The number of Topliss-reactive ketones (excluding diaryl/α,β-unsaturated/α-hetero) is 1. The first-order valence-corrected chi connectivity index (χ1v) is 10.1. The van der Waals surface area contributed by atoms with Crippen LogP contribution < -0.4 is 5.31 Å². The maximum absolute atomic E-state index is 14.5. The number of hydrogen-bond acceptors (Lipinski definition) is 4. The van der Waals surface area contributed by atoms with Crippen LogP contribution in [0, 0.1) is 0 Å². The van der Waals surface area contributed by atoms with Crippen LogP contribution in [0.15, 0.2) is 42.5 Å². The van der Waals surface area contributed by atoms with E-state index in [9.17, 15) is 28.0 Å². The molecule has 2 aliphatic heterocycles. The largest absolute Gasteiger partial charge is 0.330 e. The minimum Gasteiger partial charge on any atom is -0.322 e. The number of halogens is 3. The Morgan fingerprint density at radius 1 is 1.25 bits per heavy atom. The number of ketones is 1. The molecule has 0 radical (unpaired) electrons. The van der Waals surface area contributed by atoms with Crippen molar-refractivity contribution in [2.24, 2.45) is 0 Å². The van der Waals surface area contributed by atoms with E-state index in [-0.39, 0.29) is 28.9 Å². The Balaban J connectivity index is 1.50. The predicted molar refractivity (Wildman–Crippen MR) is 111 cm³/mol. The Kier molecular flexibility index (Phi) is 4.86. The molecule has 0 aromatic heterocycles. The number of imide groups is 1. The van der Waals surface area contributed by atoms with Gasteiger partial charge in [0.05, 0.1) is 1.37 Å². The lowest BCUT2D eigenvalue weighted by molar-refractivity contribution is -0.144. The topological polar surface area (TPSA) is 83.6 Å². The minimum absolute atomic E-state index is 0.00616. The number of piperidine rings is 1. The maximum Gasteiger partial charge on any atom is 0.330 e. The summed E-state index contributed by atoms with van der Waals surface area (Å²) in [5, 5.41) is 0.272. The van der Waals surface area contributed by atoms with Gasteiger partial charge < -0.3 is 4.90 Å². The fourth-order valence-corrected chi connectivity index (χ4v) is 3.80. The van der Waals surface area contributed by atoms with E-state index in [1.165, 1.54) is 30.3 Å². The number of carbonyl (C=O) groups is 4. The van der Waals surface area contributed by atoms with Crippen molar-refractivity contribution in [2.45, 2.75) is 44.1 Å². The molecule has 32 heavy (non-hydrogen) atoms. The first-order valence-electron chi connectivity index (χ1n) is 11.3. The molecule has 0 saturated carbocycles. The zero-order valence-corrected chi connectivity index (χ0v) is 17.4. The van der Waals surface area contributed by atoms with Gasteiger partial charge in [0.15, 0.2) is 1.41 Å². The Bertz CT molecular complexity index is 1240. The third-order valence-corrected chi connectivity index (χ3v) is 5.63. The average molecular weight is 464 g/mol. The highest BCUT2D eigenvalue weighted by atomic mass is 35.5. The first-order chi connectivity index (χ1) is 16.4. The number of alkyl halides is 2. The summed E-state index contributed by atoms with van der Waals surface area (Å²) in [6.45, 7) is -0.233. The monoisotopic (exact) mass is 463 g/mol. The fourth-order valence-electron chi connectivity index (χ4n) is 3.67. The SMILES string of the molecule is [2H]C1CC(=O)N([2H])C(=O)[C@@]1([2H])N1Cc2cc(CCC(=O)C(F)(F)c3ccc(Cl)cc3)ccc2C1=O. The van der Waals surface area contributed by atoms with E-state index in [1.54, 1.807) is 0 Å². The third-order valence-electron chi connectivity index (χ3n) is 5.38. The molecule has 1 N–H and O–H groups in total. The number of carbonyl (C=O) groups excluding carboxylic acids is 4. The molecular weight excluding hydrogens is 442 g/mol. The average Bonchev–Trinajstić information content (AvgIpc) is 3.16. The number of fused-ring (bicyclic) bond motifs is 1. The molecule has 166 valence electrons. The van der Waals surface area contributed by atoms with Crippen LogP contribution in [0.25, 0.3) is 0 Å². The van der Waals surface area contributed by atoms with E-state index < -0.39 is 60.2 Å². The summed E-state index contributed by atoms with van der Waals surface area (Å²) in [4.78, 5) is 50.2. The van der Waals surface area contributed by atoms with E-state index in [0.717, 1.165) is 17.0 Å². The normalized spacial score (nSPS) is 24.8. The fraction of sp³-hybridized carbons (Fsp3) is 0.304. The van der Waals surface area contributed by atoms with Crippen molar-refractivity contribution in [2.75, 3.05) is 0 Å². The van der Waals surface area contributed by atoms with Crippen LogP contribution in [-0.2, 0) is 33.3 Å². The number of benzene rings is 2. The van der Waals surface area contributed by atoms with Crippen molar-refractivity contribution in [1.82, 2.24) is 10.2 Å². The third kappa shape index (κ3) is 4.14. The number of nitrogens with zero attached hydrogens (tertiary/aromatic N) is 1. The second-order valence-electron chi connectivity index (χ2n) is 7.49. The second-order valence-corrected chi connectivity index (χ2v) is 7.93. The Labute approximate surface area is 191 Å². The quantitative estimate of drug-likeness (QED) is 0.665. The van der Waals surface area contributed by atoms with Gasteiger partial charge in [0, 0.05) is 36.9 Å². The molecule has 3 amide bonds. The number of amides is 3. The lowest BCUT2D eigenvalue weighted by Crippen LogP contribution is -2.52. The molecule has 1 fully saturated rings. The highest BCUT2D eigenvalue weighted by molar-refractivity contribution is 6.30. The smallest absolute Gasteiger partial charge is 0.322 e. The molecule has 2 heterocycles. The lowest BCUT2D eigenvalue weighted by Gasteiger charge is -2.29. The molecule has 2 aliphatic rings. The predicted octanol–water partition coefficient (Wildman–Crippen LogP) is 3.39. The van der Waals surface area contributed by atoms with E-state index in [2.05, 4.69) is 0 Å². The molecule has 1 saturated heterocycles. The molecule has 0 bridgehead atoms. The van der Waals surface area contributed by atoms with Crippen LogP contribution in [0.1, 0.15) is 49.0 Å². The van der Waals surface area contributed by atoms with Gasteiger partial charge >= 0.3 is 5.92 Å². The van der Waals surface area contributed by atoms with E-state index in [4.69, 9.17) is 15.8 Å². The molecule has 2 aromatic carbocycles. The summed E-state index contributed by atoms with van der Waals surface area (Å²) in [5.74, 6) is -7.90. The van der Waals surface area contributed by atoms with Gasteiger partial charge in [0.1, 0.15) is 6.02 Å². The molecule has 0 spiro atoms.